The van der Waals surface area contributed by atoms with E-state index >= 15 is 0 Å². The van der Waals surface area contributed by atoms with Crippen LogP contribution >= 0.6 is 11.8 Å². The van der Waals surface area contributed by atoms with Gasteiger partial charge in [0.25, 0.3) is 0 Å². The molecule has 19 heavy (non-hydrogen) atoms. The third kappa shape index (κ3) is 3.20. The van der Waals surface area contributed by atoms with E-state index in [1.54, 1.807) is 12.1 Å². The summed E-state index contributed by atoms with van der Waals surface area (Å²) in [5.74, 6) is -0.0979. The van der Waals surface area contributed by atoms with Crippen LogP contribution in [0.1, 0.15) is 12.0 Å². The lowest BCUT2D eigenvalue weighted by atomic mass is 9.98. The predicted molar refractivity (Wildman–Crippen MR) is 72.3 cm³/mol. The molecule has 1 unspecified atom stereocenters. The molecule has 1 saturated heterocycles. The Bertz CT molecular complexity index is 497. The van der Waals surface area contributed by atoms with E-state index in [0.29, 0.717) is 17.7 Å². The SMILES string of the molecule is O=C(Cc1cccc(O)c1)NC1(C(=O)O)CCSC1. The fraction of sp³-hybridized carbons (Fsp3) is 0.385. The molecule has 6 heteroatoms. The Morgan fingerprint density at radius 3 is 2.79 bits per heavy atom. The van der Waals surface area contributed by atoms with Gasteiger partial charge in [-0.2, -0.15) is 11.8 Å². The molecular formula is C13H15NO4S. The number of thioether (sulfide) groups is 1. The third-order valence-corrected chi connectivity index (χ3v) is 4.27. The number of aliphatic carboxylic acids is 1. The zero-order valence-corrected chi connectivity index (χ0v) is 11.1. The molecule has 2 rings (SSSR count). The topological polar surface area (TPSA) is 86.6 Å². The molecule has 1 aromatic rings. The zero-order chi connectivity index (χ0) is 13.9. The van der Waals surface area contributed by atoms with Gasteiger partial charge in [0.2, 0.25) is 5.91 Å². The number of carboxylic acid groups (broad SMARTS) is 1. The number of carboxylic acids is 1. The number of hydrogen-bond donors (Lipinski definition) is 3. The van der Waals surface area contributed by atoms with Gasteiger partial charge in [0.1, 0.15) is 11.3 Å². The number of phenolic OH excluding ortho intramolecular Hbond substituents is 1. The summed E-state index contributed by atoms with van der Waals surface area (Å²) in [4.78, 5) is 23.2. The van der Waals surface area contributed by atoms with E-state index in [-0.39, 0.29) is 18.1 Å². The first kappa shape index (κ1) is 13.7. The number of rotatable bonds is 4. The van der Waals surface area contributed by atoms with Crippen LogP contribution in [-0.4, -0.2) is 39.1 Å². The summed E-state index contributed by atoms with van der Waals surface area (Å²) in [5.41, 5.74) is -0.484. The van der Waals surface area contributed by atoms with E-state index < -0.39 is 11.5 Å². The Kier molecular flexibility index (Phi) is 3.99. The quantitative estimate of drug-likeness (QED) is 0.767. The average molecular weight is 281 g/mol. The monoisotopic (exact) mass is 281 g/mol. The van der Waals surface area contributed by atoms with Gasteiger partial charge in [-0.1, -0.05) is 12.1 Å². The highest BCUT2D eigenvalue weighted by molar-refractivity contribution is 7.99. The van der Waals surface area contributed by atoms with Crippen LogP contribution in [0.4, 0.5) is 0 Å². The molecule has 1 fully saturated rings. The minimum atomic E-state index is -1.14. The van der Waals surface area contributed by atoms with E-state index in [9.17, 15) is 19.8 Å². The zero-order valence-electron chi connectivity index (χ0n) is 10.3. The number of carbonyl (C=O) groups excluding carboxylic acids is 1. The van der Waals surface area contributed by atoms with Crippen molar-refractivity contribution < 1.29 is 19.8 Å². The standard InChI is InChI=1S/C13H15NO4S/c15-10-3-1-2-9(6-10)7-11(16)14-13(12(17)18)4-5-19-8-13/h1-3,6,15H,4-5,7-8H2,(H,14,16)(H,17,18). The predicted octanol–water partition coefficient (Wildman–Crippen LogP) is 1.01. The summed E-state index contributed by atoms with van der Waals surface area (Å²) in [7, 11) is 0. The van der Waals surface area contributed by atoms with Gasteiger partial charge in [0.05, 0.1) is 6.42 Å². The molecule has 0 aromatic heterocycles. The van der Waals surface area contributed by atoms with Gasteiger partial charge in [0, 0.05) is 5.75 Å². The number of carbonyl (C=O) groups is 2. The van der Waals surface area contributed by atoms with Crippen LogP contribution in [0, 0.1) is 0 Å². The Hall–Kier alpha value is -1.69. The van der Waals surface area contributed by atoms with Crippen molar-refractivity contribution in [1.82, 2.24) is 5.32 Å². The van der Waals surface area contributed by atoms with E-state index in [2.05, 4.69) is 5.32 Å². The molecule has 3 N–H and O–H groups in total. The Balaban J connectivity index is 2.02. The number of benzene rings is 1. The van der Waals surface area contributed by atoms with Gasteiger partial charge in [-0.3, -0.25) is 4.79 Å². The molecule has 0 radical (unpaired) electrons. The van der Waals surface area contributed by atoms with Crippen molar-refractivity contribution in [2.24, 2.45) is 0 Å². The maximum absolute atomic E-state index is 11.9. The van der Waals surface area contributed by atoms with Crippen molar-refractivity contribution in [3.63, 3.8) is 0 Å². The summed E-state index contributed by atoms with van der Waals surface area (Å²) in [6.45, 7) is 0. The van der Waals surface area contributed by atoms with Gasteiger partial charge in [-0.25, -0.2) is 4.79 Å². The number of nitrogens with one attached hydrogen (secondary N) is 1. The molecule has 1 aliphatic heterocycles. The number of aromatic hydroxyl groups is 1. The van der Waals surface area contributed by atoms with Crippen molar-refractivity contribution in [2.45, 2.75) is 18.4 Å². The van der Waals surface area contributed by atoms with Crippen LogP contribution in [0.3, 0.4) is 0 Å². The molecule has 1 aliphatic rings. The summed E-state index contributed by atoms with van der Waals surface area (Å²) in [6, 6.07) is 6.39. The summed E-state index contributed by atoms with van der Waals surface area (Å²) >= 11 is 1.52. The van der Waals surface area contributed by atoms with Gasteiger partial charge in [0.15, 0.2) is 0 Å². The van der Waals surface area contributed by atoms with Crippen molar-refractivity contribution in [2.75, 3.05) is 11.5 Å². The minimum Gasteiger partial charge on any atom is -0.508 e. The first-order chi connectivity index (χ1) is 9.02. The Morgan fingerprint density at radius 1 is 1.42 bits per heavy atom. The van der Waals surface area contributed by atoms with Gasteiger partial charge in [-0.15, -0.1) is 0 Å². The van der Waals surface area contributed by atoms with E-state index in [1.165, 1.54) is 23.9 Å². The largest absolute Gasteiger partial charge is 0.508 e. The highest BCUT2D eigenvalue weighted by Crippen LogP contribution is 2.28. The normalized spacial score (nSPS) is 22.1. The van der Waals surface area contributed by atoms with Crippen molar-refractivity contribution in [3.8, 4) is 5.75 Å². The first-order valence-electron chi connectivity index (χ1n) is 5.92. The van der Waals surface area contributed by atoms with Gasteiger partial charge in [-0.05, 0) is 29.9 Å². The Morgan fingerprint density at radius 2 is 2.21 bits per heavy atom. The van der Waals surface area contributed by atoms with Gasteiger partial charge < -0.3 is 15.5 Å². The second kappa shape index (κ2) is 5.52. The summed E-state index contributed by atoms with van der Waals surface area (Å²) in [5, 5.41) is 21.2. The van der Waals surface area contributed by atoms with Crippen LogP contribution in [0.5, 0.6) is 5.75 Å². The maximum atomic E-state index is 11.9. The maximum Gasteiger partial charge on any atom is 0.330 e. The van der Waals surface area contributed by atoms with Crippen LogP contribution in [0.25, 0.3) is 0 Å². The Labute approximate surface area is 115 Å². The molecule has 1 aromatic carbocycles. The lowest BCUT2D eigenvalue weighted by Gasteiger charge is -2.24. The molecule has 102 valence electrons. The number of hydrogen-bond acceptors (Lipinski definition) is 4. The summed E-state index contributed by atoms with van der Waals surface area (Å²) in [6.07, 6.45) is 0.507. The van der Waals surface area contributed by atoms with Crippen molar-refractivity contribution in [1.29, 1.82) is 0 Å². The first-order valence-corrected chi connectivity index (χ1v) is 7.07. The lowest BCUT2D eigenvalue weighted by molar-refractivity contribution is -0.146. The fourth-order valence-corrected chi connectivity index (χ4v) is 3.37. The van der Waals surface area contributed by atoms with Gasteiger partial charge >= 0.3 is 5.97 Å². The molecule has 1 atom stereocenters. The lowest BCUT2D eigenvalue weighted by Crippen LogP contribution is -2.55. The molecule has 0 spiro atoms. The number of amides is 1. The summed E-state index contributed by atoms with van der Waals surface area (Å²) < 4.78 is 0. The third-order valence-electron chi connectivity index (χ3n) is 3.08. The molecule has 0 bridgehead atoms. The second-order valence-electron chi connectivity index (χ2n) is 4.58. The molecular weight excluding hydrogens is 266 g/mol. The molecule has 5 nitrogen and oxygen atoms in total. The van der Waals surface area contributed by atoms with Crippen LogP contribution in [-0.2, 0) is 16.0 Å². The van der Waals surface area contributed by atoms with Crippen molar-refractivity contribution in [3.05, 3.63) is 29.8 Å². The molecule has 1 heterocycles. The van der Waals surface area contributed by atoms with Crippen molar-refractivity contribution >= 4 is 23.6 Å². The second-order valence-corrected chi connectivity index (χ2v) is 5.69. The van der Waals surface area contributed by atoms with Crippen LogP contribution in [0.2, 0.25) is 0 Å². The van der Waals surface area contributed by atoms with Crippen LogP contribution < -0.4 is 5.32 Å². The van der Waals surface area contributed by atoms with E-state index in [1.807, 2.05) is 0 Å². The number of phenols is 1. The van der Waals surface area contributed by atoms with Crippen LogP contribution in [0.15, 0.2) is 24.3 Å². The molecule has 0 saturated carbocycles. The van der Waals surface area contributed by atoms with E-state index in [4.69, 9.17) is 0 Å². The minimum absolute atomic E-state index is 0.0636. The molecule has 0 aliphatic carbocycles. The molecule has 1 amide bonds. The smallest absolute Gasteiger partial charge is 0.330 e. The highest BCUT2D eigenvalue weighted by atomic mass is 32.2. The highest BCUT2D eigenvalue weighted by Gasteiger charge is 2.43. The van der Waals surface area contributed by atoms with E-state index in [0.717, 1.165) is 5.75 Å². The average Bonchev–Trinajstić information content (AvgIpc) is 2.78. The fourth-order valence-electron chi connectivity index (χ4n) is 2.05.